The van der Waals surface area contributed by atoms with E-state index in [0.29, 0.717) is 12.6 Å². The molecular weight excluding hydrogens is 376 g/mol. The van der Waals surface area contributed by atoms with E-state index >= 15 is 0 Å². The average Bonchev–Trinajstić information content (AvgIpc) is 3.26. The summed E-state index contributed by atoms with van der Waals surface area (Å²) in [4.78, 5) is 7.32. The van der Waals surface area contributed by atoms with Gasteiger partial charge in [0.2, 0.25) is 0 Å². The minimum absolute atomic E-state index is 0.368. The lowest BCUT2D eigenvalue weighted by molar-refractivity contribution is 0.0372. The quantitative estimate of drug-likeness (QED) is 0.347. The van der Waals surface area contributed by atoms with Crippen molar-refractivity contribution in [1.82, 2.24) is 15.5 Å². The number of unbranched alkanes of at least 4 members (excludes halogenated alkanes) is 1. The van der Waals surface area contributed by atoms with Gasteiger partial charge in [-0.2, -0.15) is 0 Å². The molecular formula is C24H40N4O2. The van der Waals surface area contributed by atoms with Gasteiger partial charge in [0.25, 0.3) is 0 Å². The molecule has 1 aromatic carbocycles. The molecule has 2 fully saturated rings. The monoisotopic (exact) mass is 416 g/mol. The van der Waals surface area contributed by atoms with Crippen LogP contribution in [0.5, 0.6) is 5.75 Å². The molecule has 2 aliphatic rings. The third kappa shape index (κ3) is 7.80. The molecule has 0 amide bonds. The standard InChI is InChI=1S/C24H40N4O2/c1-3-25-24(26-12-6-7-13-28-14-16-29-17-15-28)27-19-21-11-10-20(2)18-23(21)30-22-8-4-5-9-22/h10-11,18,22H,3-9,12-17,19H2,1-2H3,(H2,25,26,27). The number of ether oxygens (including phenoxy) is 2. The van der Waals surface area contributed by atoms with Crippen molar-refractivity contribution in [3.63, 3.8) is 0 Å². The molecule has 1 aliphatic heterocycles. The fourth-order valence-electron chi connectivity index (χ4n) is 4.09. The number of nitrogens with zero attached hydrogens (tertiary/aromatic N) is 2. The topological polar surface area (TPSA) is 58.1 Å². The first-order chi connectivity index (χ1) is 14.7. The van der Waals surface area contributed by atoms with Gasteiger partial charge < -0.3 is 20.1 Å². The van der Waals surface area contributed by atoms with E-state index in [2.05, 4.69) is 47.6 Å². The Morgan fingerprint density at radius 3 is 2.73 bits per heavy atom. The minimum atomic E-state index is 0.368. The Kier molecular flexibility index (Phi) is 9.77. The van der Waals surface area contributed by atoms with Crippen molar-refractivity contribution in [1.29, 1.82) is 0 Å². The molecule has 3 rings (SSSR count). The second kappa shape index (κ2) is 12.8. The largest absolute Gasteiger partial charge is 0.490 e. The number of aryl methyl sites for hydroxylation is 1. The molecule has 1 aromatic rings. The van der Waals surface area contributed by atoms with Gasteiger partial charge in [-0.15, -0.1) is 0 Å². The second-order valence-corrected chi connectivity index (χ2v) is 8.42. The number of nitrogens with one attached hydrogen (secondary N) is 2. The first-order valence-electron chi connectivity index (χ1n) is 11.8. The number of hydrogen-bond acceptors (Lipinski definition) is 4. The molecule has 0 aromatic heterocycles. The van der Waals surface area contributed by atoms with E-state index < -0.39 is 0 Å². The van der Waals surface area contributed by atoms with Crippen LogP contribution in [0.2, 0.25) is 0 Å². The van der Waals surface area contributed by atoms with Gasteiger partial charge in [-0.05, 0) is 70.5 Å². The number of guanidine groups is 1. The van der Waals surface area contributed by atoms with Gasteiger partial charge in [-0.25, -0.2) is 4.99 Å². The molecule has 2 N–H and O–H groups in total. The van der Waals surface area contributed by atoms with Gasteiger partial charge in [0.15, 0.2) is 5.96 Å². The smallest absolute Gasteiger partial charge is 0.191 e. The van der Waals surface area contributed by atoms with E-state index in [-0.39, 0.29) is 0 Å². The van der Waals surface area contributed by atoms with Gasteiger partial charge in [0, 0.05) is 31.7 Å². The van der Waals surface area contributed by atoms with Crippen LogP contribution in [0.1, 0.15) is 56.6 Å². The Hall–Kier alpha value is -1.79. The average molecular weight is 417 g/mol. The summed E-state index contributed by atoms with van der Waals surface area (Å²) in [6.45, 7) is 11.7. The Balaban J connectivity index is 1.47. The predicted octanol–water partition coefficient (Wildman–Crippen LogP) is 3.48. The first kappa shape index (κ1) is 22.9. The molecule has 6 nitrogen and oxygen atoms in total. The summed E-state index contributed by atoms with van der Waals surface area (Å²) < 4.78 is 11.7. The lowest BCUT2D eigenvalue weighted by Crippen LogP contribution is -2.39. The maximum atomic E-state index is 6.33. The zero-order chi connectivity index (χ0) is 21.0. The van der Waals surface area contributed by atoms with E-state index in [9.17, 15) is 0 Å². The molecule has 0 radical (unpaired) electrons. The summed E-state index contributed by atoms with van der Waals surface area (Å²) in [7, 11) is 0. The SMILES string of the molecule is CCNC(=NCc1ccc(C)cc1OC1CCCC1)NCCCCN1CCOCC1. The molecule has 30 heavy (non-hydrogen) atoms. The van der Waals surface area contributed by atoms with Crippen LogP contribution < -0.4 is 15.4 Å². The lowest BCUT2D eigenvalue weighted by atomic mass is 10.1. The van der Waals surface area contributed by atoms with Crippen LogP contribution in [0.25, 0.3) is 0 Å². The van der Waals surface area contributed by atoms with E-state index in [4.69, 9.17) is 14.5 Å². The second-order valence-electron chi connectivity index (χ2n) is 8.42. The van der Waals surface area contributed by atoms with Crippen molar-refractivity contribution in [2.24, 2.45) is 4.99 Å². The molecule has 6 heteroatoms. The molecule has 0 atom stereocenters. The number of hydrogen-bond donors (Lipinski definition) is 2. The van der Waals surface area contributed by atoms with E-state index in [0.717, 1.165) is 69.6 Å². The molecule has 0 unspecified atom stereocenters. The minimum Gasteiger partial charge on any atom is -0.490 e. The first-order valence-corrected chi connectivity index (χ1v) is 11.8. The van der Waals surface area contributed by atoms with E-state index in [1.54, 1.807) is 0 Å². The summed E-state index contributed by atoms with van der Waals surface area (Å²) in [6.07, 6.45) is 7.61. The Morgan fingerprint density at radius 1 is 1.17 bits per heavy atom. The van der Waals surface area contributed by atoms with E-state index in [1.807, 2.05) is 0 Å². The highest BCUT2D eigenvalue weighted by molar-refractivity contribution is 5.79. The van der Waals surface area contributed by atoms with Crippen LogP contribution in [0.15, 0.2) is 23.2 Å². The van der Waals surface area contributed by atoms with E-state index in [1.165, 1.54) is 37.7 Å². The molecule has 168 valence electrons. The maximum Gasteiger partial charge on any atom is 0.191 e. The van der Waals surface area contributed by atoms with Crippen molar-refractivity contribution >= 4 is 5.96 Å². The lowest BCUT2D eigenvalue weighted by Gasteiger charge is -2.26. The summed E-state index contributed by atoms with van der Waals surface area (Å²) >= 11 is 0. The number of aliphatic imine (C=N–C) groups is 1. The molecule has 1 aliphatic carbocycles. The van der Waals surface area contributed by atoms with Crippen LogP contribution in [-0.4, -0.2) is 62.9 Å². The van der Waals surface area contributed by atoms with Crippen molar-refractivity contribution < 1.29 is 9.47 Å². The highest BCUT2D eigenvalue weighted by Crippen LogP contribution is 2.28. The fourth-order valence-corrected chi connectivity index (χ4v) is 4.09. The van der Waals surface area contributed by atoms with Crippen LogP contribution >= 0.6 is 0 Å². The number of rotatable bonds is 10. The Morgan fingerprint density at radius 2 is 1.97 bits per heavy atom. The summed E-state index contributed by atoms with van der Waals surface area (Å²) in [5, 5.41) is 6.86. The van der Waals surface area contributed by atoms with Crippen LogP contribution in [0, 0.1) is 6.92 Å². The summed E-state index contributed by atoms with van der Waals surface area (Å²) in [5.41, 5.74) is 2.40. The fraction of sp³-hybridized carbons (Fsp3) is 0.708. The van der Waals surface area contributed by atoms with Crippen molar-refractivity contribution in [3.8, 4) is 5.75 Å². The third-order valence-corrected chi connectivity index (χ3v) is 5.87. The number of benzene rings is 1. The molecule has 0 spiro atoms. The zero-order valence-corrected chi connectivity index (χ0v) is 18.9. The van der Waals surface area contributed by atoms with Crippen molar-refractivity contribution in [3.05, 3.63) is 29.3 Å². The molecule has 1 heterocycles. The van der Waals surface area contributed by atoms with Crippen molar-refractivity contribution in [2.75, 3.05) is 45.9 Å². The van der Waals surface area contributed by atoms with Gasteiger partial charge >= 0.3 is 0 Å². The predicted molar refractivity (Wildman–Crippen MR) is 123 cm³/mol. The van der Waals surface area contributed by atoms with Crippen LogP contribution in [0.3, 0.4) is 0 Å². The van der Waals surface area contributed by atoms with Gasteiger partial charge in [0.05, 0.1) is 25.9 Å². The normalized spacial score (nSPS) is 18.5. The maximum absolute atomic E-state index is 6.33. The Labute approximate surface area is 182 Å². The highest BCUT2D eigenvalue weighted by atomic mass is 16.5. The Bertz CT molecular complexity index is 653. The van der Waals surface area contributed by atoms with Gasteiger partial charge in [-0.3, -0.25) is 4.90 Å². The molecule has 1 saturated carbocycles. The number of morpholine rings is 1. The molecule has 0 bridgehead atoms. The van der Waals surface area contributed by atoms with Gasteiger partial charge in [-0.1, -0.05) is 12.1 Å². The van der Waals surface area contributed by atoms with Crippen LogP contribution in [-0.2, 0) is 11.3 Å². The summed E-state index contributed by atoms with van der Waals surface area (Å²) in [5.74, 6) is 1.89. The highest BCUT2D eigenvalue weighted by Gasteiger charge is 2.18. The summed E-state index contributed by atoms with van der Waals surface area (Å²) in [6, 6.07) is 6.47. The third-order valence-electron chi connectivity index (χ3n) is 5.87. The molecule has 1 saturated heterocycles. The zero-order valence-electron chi connectivity index (χ0n) is 18.9. The van der Waals surface area contributed by atoms with Crippen molar-refractivity contribution in [2.45, 2.75) is 65.0 Å². The van der Waals surface area contributed by atoms with Gasteiger partial charge in [0.1, 0.15) is 5.75 Å². The van der Waals surface area contributed by atoms with Crippen LogP contribution in [0.4, 0.5) is 0 Å².